The van der Waals surface area contributed by atoms with Crippen LogP contribution in [0.5, 0.6) is 11.5 Å². The molecule has 0 bridgehead atoms. The zero-order valence-electron chi connectivity index (χ0n) is 21.0. The van der Waals surface area contributed by atoms with E-state index in [2.05, 4.69) is 9.98 Å². The van der Waals surface area contributed by atoms with Crippen molar-refractivity contribution in [2.75, 3.05) is 0 Å². The van der Waals surface area contributed by atoms with Crippen LogP contribution in [-0.4, -0.2) is 34.6 Å². The molecule has 0 spiro atoms. The third kappa shape index (κ3) is 13.5. The summed E-state index contributed by atoms with van der Waals surface area (Å²) in [5.74, 6) is -3.01. The zero-order valence-corrected chi connectivity index (χ0v) is 22.0. The second kappa shape index (κ2) is 16.0. The molecule has 0 fully saturated rings. The number of nitrogens with zero attached hydrogens (tertiary/aromatic N) is 2. The summed E-state index contributed by atoms with van der Waals surface area (Å²) in [5.41, 5.74) is -1.96. The van der Waals surface area contributed by atoms with E-state index >= 15 is 0 Å². The third-order valence-corrected chi connectivity index (χ3v) is 4.28. The van der Waals surface area contributed by atoms with Gasteiger partial charge in [-0.05, 0) is 62.4 Å². The SMILES string of the molecule is CC(=O)[O-].CC(=O)[O-].Oc1ccc(C(F)(F)F)cc1C=Nc1ccccc1N=Cc1cc(C(F)(F)F)ccc1O.[Co+2]. The van der Waals surface area contributed by atoms with Crippen LogP contribution in [-0.2, 0) is 38.7 Å². The van der Waals surface area contributed by atoms with Gasteiger partial charge in [0.15, 0.2) is 0 Å². The van der Waals surface area contributed by atoms with Crippen LogP contribution in [0.4, 0.5) is 37.7 Å². The fourth-order valence-electron chi connectivity index (χ4n) is 2.63. The van der Waals surface area contributed by atoms with E-state index in [1.807, 2.05) is 0 Å². The number of aromatic hydroxyl groups is 2. The maximum Gasteiger partial charge on any atom is 2.00 e. The predicted octanol–water partition coefficient (Wildman–Crippen LogP) is 4.15. The summed E-state index contributed by atoms with van der Waals surface area (Å²) in [6, 6.07) is 10.8. The summed E-state index contributed by atoms with van der Waals surface area (Å²) in [6.07, 6.45) is -7.18. The first-order valence-corrected chi connectivity index (χ1v) is 10.7. The van der Waals surface area contributed by atoms with Crippen molar-refractivity contribution < 1.29 is 73.1 Å². The molecular weight excluding hydrogens is 609 g/mol. The van der Waals surface area contributed by atoms with E-state index in [0.29, 0.717) is 0 Å². The Morgan fingerprint density at radius 1 is 0.683 bits per heavy atom. The monoisotopic (exact) mass is 629 g/mol. The first kappa shape index (κ1) is 36.6. The van der Waals surface area contributed by atoms with Crippen molar-refractivity contribution >= 4 is 35.7 Å². The van der Waals surface area contributed by atoms with Gasteiger partial charge >= 0.3 is 29.1 Å². The molecule has 0 saturated carbocycles. The predicted molar refractivity (Wildman–Crippen MR) is 129 cm³/mol. The molecule has 41 heavy (non-hydrogen) atoms. The molecule has 0 saturated heterocycles. The van der Waals surface area contributed by atoms with Gasteiger partial charge < -0.3 is 30.0 Å². The number of rotatable bonds is 4. The maximum atomic E-state index is 12.9. The second-order valence-electron chi connectivity index (χ2n) is 7.53. The molecule has 15 heteroatoms. The first-order valence-electron chi connectivity index (χ1n) is 10.7. The molecule has 0 aliphatic carbocycles. The van der Waals surface area contributed by atoms with Gasteiger partial charge in [0.05, 0.1) is 22.5 Å². The van der Waals surface area contributed by atoms with Gasteiger partial charge in [-0.2, -0.15) is 26.3 Å². The van der Waals surface area contributed by atoms with Crippen LogP contribution in [0, 0.1) is 0 Å². The minimum Gasteiger partial charge on any atom is -0.550 e. The van der Waals surface area contributed by atoms with Crippen molar-refractivity contribution in [2.24, 2.45) is 9.98 Å². The minimum atomic E-state index is -4.61. The van der Waals surface area contributed by atoms with Crippen LogP contribution >= 0.6 is 0 Å². The van der Waals surface area contributed by atoms with E-state index in [-0.39, 0.29) is 39.3 Å². The topological polar surface area (TPSA) is 145 Å². The van der Waals surface area contributed by atoms with E-state index in [4.69, 9.17) is 19.8 Å². The molecule has 221 valence electrons. The number of alkyl halides is 6. The number of para-hydroxylation sites is 2. The Labute approximate surface area is 239 Å². The van der Waals surface area contributed by atoms with Crippen molar-refractivity contribution in [2.45, 2.75) is 26.2 Å². The number of carboxylic acid groups (broad SMARTS) is 2. The number of aliphatic carboxylic acids is 2. The van der Waals surface area contributed by atoms with Crippen LogP contribution in [0.1, 0.15) is 36.1 Å². The van der Waals surface area contributed by atoms with Crippen LogP contribution in [0.2, 0.25) is 0 Å². The minimum absolute atomic E-state index is 0. The average molecular weight is 629 g/mol. The molecular formula is C26H20CoF6N2O6. The summed E-state index contributed by atoms with van der Waals surface area (Å²) in [5, 5.41) is 37.4. The smallest absolute Gasteiger partial charge is 0.550 e. The van der Waals surface area contributed by atoms with Crippen molar-refractivity contribution in [1.29, 1.82) is 0 Å². The molecule has 3 rings (SSSR count). The third-order valence-electron chi connectivity index (χ3n) is 4.28. The fourth-order valence-corrected chi connectivity index (χ4v) is 2.63. The number of benzene rings is 3. The normalized spacial score (nSPS) is 11.1. The van der Waals surface area contributed by atoms with Crippen molar-refractivity contribution in [1.82, 2.24) is 0 Å². The molecule has 0 aromatic heterocycles. The van der Waals surface area contributed by atoms with Gasteiger partial charge in [0.2, 0.25) is 0 Å². The largest absolute Gasteiger partial charge is 2.00 e. The molecule has 0 unspecified atom stereocenters. The number of carbonyl (C=O) groups excluding carboxylic acids is 2. The van der Waals surface area contributed by atoms with Gasteiger partial charge in [-0.3, -0.25) is 9.98 Å². The number of hydrogen-bond acceptors (Lipinski definition) is 8. The maximum absolute atomic E-state index is 12.9. The van der Waals surface area contributed by atoms with E-state index in [1.54, 1.807) is 12.1 Å². The molecule has 2 N–H and O–H groups in total. The Bertz CT molecular complexity index is 1280. The number of halogens is 6. The van der Waals surface area contributed by atoms with Crippen LogP contribution in [0.3, 0.4) is 0 Å². The quantitative estimate of drug-likeness (QED) is 0.328. The fraction of sp³-hybridized carbons (Fsp3) is 0.154. The van der Waals surface area contributed by atoms with Crippen molar-refractivity contribution in [3.8, 4) is 11.5 Å². The Kier molecular flexibility index (Phi) is 14.3. The number of aliphatic imine (C=N–C) groups is 2. The number of phenols is 2. The van der Waals surface area contributed by atoms with Gasteiger partial charge in [0.25, 0.3) is 0 Å². The molecule has 0 heterocycles. The molecule has 0 atom stereocenters. The van der Waals surface area contributed by atoms with E-state index < -0.39 is 46.9 Å². The van der Waals surface area contributed by atoms with E-state index in [1.165, 1.54) is 12.1 Å². The van der Waals surface area contributed by atoms with Gasteiger partial charge in [-0.25, -0.2) is 0 Å². The van der Waals surface area contributed by atoms with Gasteiger partial charge in [0, 0.05) is 35.5 Å². The Hall–Kier alpha value is -4.37. The molecule has 3 aromatic rings. The first-order chi connectivity index (χ1) is 18.4. The number of hydrogen-bond donors (Lipinski definition) is 2. The Morgan fingerprint density at radius 2 is 0.976 bits per heavy atom. The summed E-state index contributed by atoms with van der Waals surface area (Å²) in [6.45, 7) is 1.94. The Morgan fingerprint density at radius 3 is 1.24 bits per heavy atom. The van der Waals surface area contributed by atoms with Gasteiger partial charge in [-0.1, -0.05) is 12.1 Å². The summed E-state index contributed by atoms with van der Waals surface area (Å²) < 4.78 is 77.3. The van der Waals surface area contributed by atoms with E-state index in [9.17, 15) is 36.6 Å². The number of carbonyl (C=O) groups is 2. The van der Waals surface area contributed by atoms with Crippen molar-refractivity contribution in [3.63, 3.8) is 0 Å². The molecule has 3 aromatic carbocycles. The van der Waals surface area contributed by atoms with Gasteiger partial charge in [-0.15, -0.1) is 0 Å². The number of carboxylic acids is 2. The van der Waals surface area contributed by atoms with E-state index in [0.717, 1.165) is 62.7 Å². The molecule has 1 radical (unpaired) electrons. The van der Waals surface area contributed by atoms with Crippen LogP contribution < -0.4 is 10.2 Å². The second-order valence-corrected chi connectivity index (χ2v) is 7.53. The summed E-state index contributed by atoms with van der Waals surface area (Å²) >= 11 is 0. The number of phenolic OH excluding ortho intramolecular Hbond substituents is 2. The van der Waals surface area contributed by atoms with Crippen molar-refractivity contribution in [3.05, 3.63) is 82.9 Å². The Balaban J connectivity index is 0.00000158. The standard InChI is InChI=1S/C22H14F6N2O2.2C2H4O2.Co/c23-21(24,25)15-5-7-19(31)13(9-15)11-29-17-3-1-2-4-18(17)30-12-14-10-16(22(26,27)28)6-8-20(14)32;2*1-2(3)4;/h1-12,31-32H;2*1H3,(H,3,4);/q;;;+2/p-2. The molecule has 0 amide bonds. The summed E-state index contributed by atoms with van der Waals surface area (Å²) in [7, 11) is 0. The average Bonchev–Trinajstić information content (AvgIpc) is 2.81. The van der Waals surface area contributed by atoms with Crippen LogP contribution in [0.25, 0.3) is 0 Å². The molecule has 8 nitrogen and oxygen atoms in total. The molecule has 0 aliphatic heterocycles. The van der Waals surface area contributed by atoms with Gasteiger partial charge in [0.1, 0.15) is 11.5 Å². The van der Waals surface area contributed by atoms with Crippen LogP contribution in [0.15, 0.2) is 70.6 Å². The molecule has 0 aliphatic rings. The summed E-state index contributed by atoms with van der Waals surface area (Å²) in [4.78, 5) is 25.9. The zero-order chi connectivity index (χ0) is 30.7.